The largest absolute Gasteiger partial charge is 0.476 e. The SMILES string of the molecule is CC(C)(C)c1c(C(=O)O)nnn1CCSC(F)(F)F. The maximum atomic E-state index is 12.0. The number of rotatable bonds is 4. The van der Waals surface area contributed by atoms with Gasteiger partial charge < -0.3 is 5.11 Å². The Labute approximate surface area is 112 Å². The third kappa shape index (κ3) is 4.41. The van der Waals surface area contributed by atoms with Crippen molar-refractivity contribution in [1.82, 2.24) is 15.0 Å². The Morgan fingerprint density at radius 1 is 1.37 bits per heavy atom. The highest BCUT2D eigenvalue weighted by molar-refractivity contribution is 8.00. The second-order valence-corrected chi connectivity index (χ2v) is 6.02. The maximum absolute atomic E-state index is 12.0. The molecule has 0 bridgehead atoms. The molecule has 0 aliphatic carbocycles. The van der Waals surface area contributed by atoms with E-state index in [0.717, 1.165) is 0 Å². The number of hydrogen-bond acceptors (Lipinski definition) is 4. The molecule has 0 atom stereocenters. The predicted molar refractivity (Wildman–Crippen MR) is 64.2 cm³/mol. The van der Waals surface area contributed by atoms with E-state index in [-0.39, 0.29) is 29.8 Å². The molecule has 19 heavy (non-hydrogen) atoms. The third-order valence-corrected chi connectivity index (χ3v) is 2.93. The molecule has 1 aromatic rings. The summed E-state index contributed by atoms with van der Waals surface area (Å²) in [7, 11) is 0. The summed E-state index contributed by atoms with van der Waals surface area (Å²) in [5.74, 6) is -1.48. The molecule has 5 nitrogen and oxygen atoms in total. The number of aromatic carboxylic acids is 1. The molecular formula is C10H14F3N3O2S. The first-order valence-electron chi connectivity index (χ1n) is 5.40. The van der Waals surface area contributed by atoms with Crippen molar-refractivity contribution >= 4 is 17.7 Å². The number of carbonyl (C=O) groups is 1. The number of carboxylic acids is 1. The molecule has 1 rings (SSSR count). The van der Waals surface area contributed by atoms with Crippen molar-refractivity contribution in [2.75, 3.05) is 5.75 Å². The quantitative estimate of drug-likeness (QED) is 0.925. The van der Waals surface area contributed by atoms with Crippen LogP contribution in [0.4, 0.5) is 13.2 Å². The Hall–Kier alpha value is -1.25. The molecule has 108 valence electrons. The minimum absolute atomic E-state index is 0.0446. The predicted octanol–water partition coefficient (Wildman–Crippen LogP) is 2.53. The lowest BCUT2D eigenvalue weighted by Gasteiger charge is -2.20. The van der Waals surface area contributed by atoms with E-state index in [1.54, 1.807) is 20.8 Å². The summed E-state index contributed by atoms with van der Waals surface area (Å²) in [6.07, 6.45) is 0. The van der Waals surface area contributed by atoms with Crippen molar-refractivity contribution < 1.29 is 23.1 Å². The number of alkyl halides is 3. The normalized spacial score (nSPS) is 12.7. The van der Waals surface area contributed by atoms with E-state index in [1.165, 1.54) is 4.68 Å². The van der Waals surface area contributed by atoms with E-state index in [9.17, 15) is 18.0 Å². The van der Waals surface area contributed by atoms with Gasteiger partial charge in [0, 0.05) is 11.2 Å². The van der Waals surface area contributed by atoms with Crippen LogP contribution in [0, 0.1) is 0 Å². The zero-order valence-electron chi connectivity index (χ0n) is 10.7. The number of nitrogens with zero attached hydrogens (tertiary/aromatic N) is 3. The number of aryl methyl sites for hydroxylation is 1. The molecule has 1 aromatic heterocycles. The van der Waals surface area contributed by atoms with E-state index in [2.05, 4.69) is 10.3 Å². The van der Waals surface area contributed by atoms with Crippen LogP contribution in [0.25, 0.3) is 0 Å². The van der Waals surface area contributed by atoms with Gasteiger partial charge >= 0.3 is 11.5 Å². The lowest BCUT2D eigenvalue weighted by Crippen LogP contribution is -2.22. The molecule has 0 saturated heterocycles. The molecule has 0 radical (unpaired) electrons. The lowest BCUT2D eigenvalue weighted by molar-refractivity contribution is -0.0328. The van der Waals surface area contributed by atoms with Crippen LogP contribution in [0.5, 0.6) is 0 Å². The van der Waals surface area contributed by atoms with E-state index in [4.69, 9.17) is 5.11 Å². The van der Waals surface area contributed by atoms with Crippen LogP contribution in [0.2, 0.25) is 0 Å². The Morgan fingerprint density at radius 2 is 1.95 bits per heavy atom. The Kier molecular flexibility index (Phi) is 4.49. The Morgan fingerprint density at radius 3 is 2.37 bits per heavy atom. The maximum Gasteiger partial charge on any atom is 0.441 e. The van der Waals surface area contributed by atoms with Crippen LogP contribution in [-0.2, 0) is 12.0 Å². The van der Waals surface area contributed by atoms with Crippen molar-refractivity contribution in [2.45, 2.75) is 38.2 Å². The standard InChI is InChI=1S/C10H14F3N3O2S/c1-9(2,3)7-6(8(17)18)14-15-16(7)4-5-19-10(11,12)13/h4-5H2,1-3H3,(H,17,18). The molecule has 0 aromatic carbocycles. The van der Waals surface area contributed by atoms with Crippen molar-refractivity contribution in [3.63, 3.8) is 0 Å². The summed E-state index contributed by atoms with van der Waals surface area (Å²) >= 11 is -0.171. The summed E-state index contributed by atoms with van der Waals surface area (Å²) in [5.41, 5.74) is -4.77. The van der Waals surface area contributed by atoms with Crippen LogP contribution in [0.15, 0.2) is 0 Å². The number of thioether (sulfide) groups is 1. The highest BCUT2D eigenvalue weighted by atomic mass is 32.2. The minimum Gasteiger partial charge on any atom is -0.476 e. The van der Waals surface area contributed by atoms with Crippen molar-refractivity contribution in [1.29, 1.82) is 0 Å². The molecular weight excluding hydrogens is 283 g/mol. The van der Waals surface area contributed by atoms with Crippen LogP contribution >= 0.6 is 11.8 Å². The summed E-state index contributed by atoms with van der Waals surface area (Å²) in [5, 5.41) is 16.1. The fourth-order valence-electron chi connectivity index (χ4n) is 1.60. The van der Waals surface area contributed by atoms with Gasteiger partial charge in [-0.3, -0.25) is 0 Å². The average Bonchev–Trinajstić information content (AvgIpc) is 2.58. The van der Waals surface area contributed by atoms with Gasteiger partial charge in [-0.05, 0) is 11.8 Å². The fraction of sp³-hybridized carbons (Fsp3) is 0.700. The second kappa shape index (κ2) is 5.40. The average molecular weight is 297 g/mol. The highest BCUT2D eigenvalue weighted by Crippen LogP contribution is 2.31. The smallest absolute Gasteiger partial charge is 0.441 e. The summed E-state index contributed by atoms with van der Waals surface area (Å²) in [6.45, 7) is 5.22. The number of aromatic nitrogens is 3. The molecule has 0 unspecified atom stereocenters. The van der Waals surface area contributed by atoms with Crippen LogP contribution in [0.1, 0.15) is 37.0 Å². The first kappa shape index (κ1) is 15.8. The van der Waals surface area contributed by atoms with E-state index in [1.807, 2.05) is 0 Å². The van der Waals surface area contributed by atoms with Gasteiger partial charge in [-0.2, -0.15) is 13.2 Å². The Balaban J connectivity index is 2.93. The number of hydrogen-bond donors (Lipinski definition) is 1. The van der Waals surface area contributed by atoms with Crippen LogP contribution < -0.4 is 0 Å². The molecule has 0 aliphatic heterocycles. The Bertz CT molecular complexity index is 466. The zero-order chi connectivity index (χ0) is 14.8. The molecule has 0 saturated carbocycles. The van der Waals surface area contributed by atoms with Gasteiger partial charge in [0.1, 0.15) is 0 Å². The van der Waals surface area contributed by atoms with E-state index >= 15 is 0 Å². The molecule has 0 spiro atoms. The van der Waals surface area contributed by atoms with Crippen LogP contribution in [-0.4, -0.2) is 37.3 Å². The fourth-order valence-corrected chi connectivity index (χ4v) is 2.10. The highest BCUT2D eigenvalue weighted by Gasteiger charge is 2.31. The monoisotopic (exact) mass is 297 g/mol. The van der Waals surface area contributed by atoms with Gasteiger partial charge in [0.25, 0.3) is 0 Å². The first-order chi connectivity index (χ1) is 8.52. The van der Waals surface area contributed by atoms with Crippen LogP contribution in [0.3, 0.4) is 0 Å². The molecule has 9 heteroatoms. The third-order valence-electron chi connectivity index (χ3n) is 2.22. The molecule has 0 fully saturated rings. The zero-order valence-corrected chi connectivity index (χ0v) is 11.5. The number of carboxylic acid groups (broad SMARTS) is 1. The topological polar surface area (TPSA) is 68.0 Å². The van der Waals surface area contributed by atoms with Gasteiger partial charge in [0.15, 0.2) is 5.69 Å². The summed E-state index contributed by atoms with van der Waals surface area (Å²) in [6, 6.07) is 0. The minimum atomic E-state index is -4.31. The molecule has 0 amide bonds. The summed E-state index contributed by atoms with van der Waals surface area (Å²) in [4.78, 5) is 11.0. The molecule has 1 heterocycles. The molecule has 1 N–H and O–H groups in total. The van der Waals surface area contributed by atoms with Gasteiger partial charge in [0.05, 0.1) is 12.2 Å². The van der Waals surface area contributed by atoms with Gasteiger partial charge in [-0.15, -0.1) is 5.10 Å². The van der Waals surface area contributed by atoms with Crippen molar-refractivity contribution in [2.24, 2.45) is 0 Å². The number of halogens is 3. The summed E-state index contributed by atoms with van der Waals surface area (Å²) < 4.78 is 37.4. The van der Waals surface area contributed by atoms with Gasteiger partial charge in [0.2, 0.25) is 0 Å². The van der Waals surface area contributed by atoms with E-state index in [0.29, 0.717) is 5.69 Å². The van der Waals surface area contributed by atoms with E-state index < -0.39 is 16.9 Å². The van der Waals surface area contributed by atoms with Gasteiger partial charge in [-0.25, -0.2) is 9.48 Å². The second-order valence-electron chi connectivity index (χ2n) is 4.86. The first-order valence-corrected chi connectivity index (χ1v) is 6.39. The van der Waals surface area contributed by atoms with Crippen molar-refractivity contribution in [3.8, 4) is 0 Å². The molecule has 0 aliphatic rings. The van der Waals surface area contributed by atoms with Gasteiger partial charge in [-0.1, -0.05) is 26.0 Å². The van der Waals surface area contributed by atoms with Crippen molar-refractivity contribution in [3.05, 3.63) is 11.4 Å². The lowest BCUT2D eigenvalue weighted by atomic mass is 9.90.